The molecule has 1 aliphatic rings. The Kier molecular flexibility index (Phi) is 3.76. The van der Waals surface area contributed by atoms with E-state index in [4.69, 9.17) is 4.74 Å². The monoisotopic (exact) mass is 316 g/mol. The summed E-state index contributed by atoms with van der Waals surface area (Å²) in [6.45, 7) is 3.58. The molecule has 1 fully saturated rings. The zero-order chi connectivity index (χ0) is 15.6. The molecule has 23 heavy (non-hydrogen) atoms. The molecule has 1 unspecified atom stereocenters. The molecule has 3 aromatic rings. The molecule has 4 rings (SSSR count). The zero-order valence-corrected chi connectivity index (χ0v) is 12.5. The average molecular weight is 316 g/mol. The van der Waals surface area contributed by atoms with Crippen molar-refractivity contribution in [2.45, 2.75) is 19.2 Å². The molecule has 0 saturated carbocycles. The highest BCUT2D eigenvalue weighted by Crippen LogP contribution is 2.17. The maximum Gasteiger partial charge on any atom is 0.151 e. The van der Waals surface area contributed by atoms with Crippen LogP contribution in [0.4, 0.5) is 4.39 Å². The highest BCUT2D eigenvalue weighted by Gasteiger charge is 2.22. The number of hydrogen-bond donors (Lipinski definition) is 1. The predicted octanol–water partition coefficient (Wildman–Crippen LogP) is 1.19. The first-order valence-electron chi connectivity index (χ1n) is 7.57. The van der Waals surface area contributed by atoms with Gasteiger partial charge in [0.25, 0.3) is 0 Å². The normalized spacial score (nSPS) is 19.4. The van der Waals surface area contributed by atoms with Gasteiger partial charge in [0, 0.05) is 13.1 Å². The van der Waals surface area contributed by atoms with Crippen molar-refractivity contribution in [2.24, 2.45) is 0 Å². The number of fused-ring (bicyclic) bond motifs is 1. The van der Waals surface area contributed by atoms with Crippen LogP contribution in [0.2, 0.25) is 0 Å². The summed E-state index contributed by atoms with van der Waals surface area (Å²) in [5.74, 6) is 0.475. The molecule has 1 saturated heterocycles. The molecule has 1 aromatic carbocycles. The van der Waals surface area contributed by atoms with Crippen LogP contribution in [0.1, 0.15) is 5.82 Å². The third kappa shape index (κ3) is 3.08. The van der Waals surface area contributed by atoms with Gasteiger partial charge >= 0.3 is 0 Å². The summed E-state index contributed by atoms with van der Waals surface area (Å²) in [7, 11) is 0. The Labute approximate surface area is 132 Å². The lowest BCUT2D eigenvalue weighted by Gasteiger charge is -2.32. The highest BCUT2D eigenvalue weighted by atomic mass is 19.1. The summed E-state index contributed by atoms with van der Waals surface area (Å²) in [6, 6.07) is 4.94. The van der Waals surface area contributed by atoms with E-state index < -0.39 is 0 Å². The number of imidazole rings is 1. The van der Waals surface area contributed by atoms with Gasteiger partial charge in [-0.2, -0.15) is 5.10 Å². The quantitative estimate of drug-likeness (QED) is 0.783. The van der Waals surface area contributed by atoms with Crippen molar-refractivity contribution in [1.82, 2.24) is 29.6 Å². The summed E-state index contributed by atoms with van der Waals surface area (Å²) in [5.41, 5.74) is 1.13. The van der Waals surface area contributed by atoms with E-state index in [0.29, 0.717) is 25.2 Å². The van der Waals surface area contributed by atoms with Gasteiger partial charge in [-0.3, -0.25) is 9.58 Å². The molecule has 7 nitrogen and oxygen atoms in total. The van der Waals surface area contributed by atoms with E-state index in [9.17, 15) is 4.39 Å². The summed E-state index contributed by atoms with van der Waals surface area (Å²) < 4.78 is 21.3. The van der Waals surface area contributed by atoms with Crippen LogP contribution >= 0.6 is 0 Å². The number of halogens is 1. The van der Waals surface area contributed by atoms with Crippen molar-refractivity contribution in [1.29, 1.82) is 0 Å². The van der Waals surface area contributed by atoms with Crippen LogP contribution < -0.4 is 0 Å². The van der Waals surface area contributed by atoms with Crippen LogP contribution in [0.25, 0.3) is 11.0 Å². The molecule has 0 bridgehead atoms. The first kappa shape index (κ1) is 14.3. The van der Waals surface area contributed by atoms with E-state index in [2.05, 4.69) is 25.0 Å². The Balaban J connectivity index is 1.44. The number of benzene rings is 1. The molecule has 0 spiro atoms. The van der Waals surface area contributed by atoms with E-state index in [1.165, 1.54) is 12.4 Å². The van der Waals surface area contributed by atoms with Crippen LogP contribution in [-0.4, -0.2) is 55.4 Å². The first-order chi connectivity index (χ1) is 11.3. The number of ether oxygens (including phenoxy) is 1. The Morgan fingerprint density at radius 1 is 1.39 bits per heavy atom. The minimum atomic E-state index is -0.295. The van der Waals surface area contributed by atoms with E-state index in [0.717, 1.165) is 24.4 Å². The molecule has 0 aliphatic carbocycles. The number of aromatic amines is 1. The van der Waals surface area contributed by atoms with Gasteiger partial charge in [0.15, 0.2) is 5.82 Å². The molecule has 1 aliphatic heterocycles. The topological polar surface area (TPSA) is 71.9 Å². The fourth-order valence-electron chi connectivity index (χ4n) is 2.91. The number of nitrogens with one attached hydrogen (secondary N) is 1. The summed E-state index contributed by atoms with van der Waals surface area (Å²) in [6.07, 6.45) is 3.26. The molecule has 8 heteroatoms. The van der Waals surface area contributed by atoms with Gasteiger partial charge in [-0.15, -0.1) is 0 Å². The summed E-state index contributed by atoms with van der Waals surface area (Å²) in [5, 5.41) is 4.10. The molecule has 120 valence electrons. The van der Waals surface area contributed by atoms with Crippen molar-refractivity contribution >= 4 is 11.0 Å². The number of morpholine rings is 1. The molecular formula is C15H17FN6O. The second kappa shape index (κ2) is 6.05. The number of para-hydroxylation sites is 1. The maximum atomic E-state index is 13.7. The number of hydrogen-bond acceptors (Lipinski definition) is 5. The van der Waals surface area contributed by atoms with Gasteiger partial charge in [-0.25, -0.2) is 14.4 Å². The van der Waals surface area contributed by atoms with Crippen LogP contribution in [-0.2, 0) is 17.8 Å². The molecule has 2 aromatic heterocycles. The van der Waals surface area contributed by atoms with Gasteiger partial charge in [0.05, 0.1) is 31.3 Å². The average Bonchev–Trinajstić information content (AvgIpc) is 3.18. The zero-order valence-electron chi connectivity index (χ0n) is 12.5. The van der Waals surface area contributed by atoms with Crippen LogP contribution in [0.3, 0.4) is 0 Å². The lowest BCUT2D eigenvalue weighted by Crippen LogP contribution is -2.43. The molecule has 0 amide bonds. The second-order valence-electron chi connectivity index (χ2n) is 5.66. The number of H-pyrrole nitrogens is 1. The summed E-state index contributed by atoms with van der Waals surface area (Å²) in [4.78, 5) is 13.7. The smallest absolute Gasteiger partial charge is 0.151 e. The highest BCUT2D eigenvalue weighted by molar-refractivity contribution is 5.75. The van der Waals surface area contributed by atoms with E-state index >= 15 is 0 Å². The van der Waals surface area contributed by atoms with Crippen LogP contribution in [0.5, 0.6) is 0 Å². The van der Waals surface area contributed by atoms with Crippen LogP contribution in [0, 0.1) is 5.82 Å². The summed E-state index contributed by atoms with van der Waals surface area (Å²) >= 11 is 0. The van der Waals surface area contributed by atoms with E-state index in [-0.39, 0.29) is 11.9 Å². The Bertz CT molecular complexity index is 786. The lowest BCUT2D eigenvalue weighted by atomic mass is 10.2. The van der Waals surface area contributed by atoms with Crippen molar-refractivity contribution < 1.29 is 9.13 Å². The Morgan fingerprint density at radius 3 is 3.17 bits per heavy atom. The number of rotatable bonds is 4. The van der Waals surface area contributed by atoms with Gasteiger partial charge in [-0.05, 0) is 12.1 Å². The second-order valence-corrected chi connectivity index (χ2v) is 5.66. The maximum absolute atomic E-state index is 13.7. The fourth-order valence-corrected chi connectivity index (χ4v) is 2.91. The molecule has 3 heterocycles. The minimum absolute atomic E-state index is 0.0616. The number of nitrogens with zero attached hydrogens (tertiary/aromatic N) is 5. The standard InChI is InChI=1S/C15H17FN6O/c16-12-2-1-3-13-15(12)20-14(19-13)8-21-4-5-23-11(6-21)7-22-10-17-9-18-22/h1-3,9-11H,4-8H2,(H,19,20). The number of aromatic nitrogens is 5. The molecule has 0 radical (unpaired) electrons. The molecule has 1 atom stereocenters. The third-order valence-electron chi connectivity index (χ3n) is 3.97. The van der Waals surface area contributed by atoms with Crippen LogP contribution in [0.15, 0.2) is 30.9 Å². The van der Waals surface area contributed by atoms with E-state index in [1.54, 1.807) is 17.1 Å². The first-order valence-corrected chi connectivity index (χ1v) is 7.57. The SMILES string of the molecule is Fc1cccc2[nH]c(CN3CCOC(Cn4cncn4)C3)nc12. The van der Waals surface area contributed by atoms with Crippen molar-refractivity contribution in [3.8, 4) is 0 Å². The molecule has 1 N–H and O–H groups in total. The van der Waals surface area contributed by atoms with Gasteiger partial charge in [-0.1, -0.05) is 6.07 Å². The third-order valence-corrected chi connectivity index (χ3v) is 3.97. The Hall–Kier alpha value is -2.32. The predicted molar refractivity (Wildman–Crippen MR) is 81.1 cm³/mol. The van der Waals surface area contributed by atoms with Gasteiger partial charge in [0.1, 0.15) is 24.0 Å². The lowest BCUT2D eigenvalue weighted by molar-refractivity contribution is -0.0408. The van der Waals surface area contributed by atoms with Crippen molar-refractivity contribution in [3.63, 3.8) is 0 Å². The minimum Gasteiger partial charge on any atom is -0.374 e. The van der Waals surface area contributed by atoms with Crippen molar-refractivity contribution in [2.75, 3.05) is 19.7 Å². The fraction of sp³-hybridized carbons (Fsp3) is 0.400. The molecular weight excluding hydrogens is 299 g/mol. The van der Waals surface area contributed by atoms with Gasteiger partial charge < -0.3 is 9.72 Å². The Morgan fingerprint density at radius 2 is 2.35 bits per heavy atom. The van der Waals surface area contributed by atoms with E-state index in [1.807, 2.05) is 6.07 Å². The largest absolute Gasteiger partial charge is 0.374 e. The van der Waals surface area contributed by atoms with Crippen molar-refractivity contribution in [3.05, 3.63) is 42.5 Å². The van der Waals surface area contributed by atoms with Gasteiger partial charge in [0.2, 0.25) is 0 Å².